The number of carbonyl (C=O) groups excluding carboxylic acids is 1. The highest BCUT2D eigenvalue weighted by Gasteiger charge is 2.25. The number of H-pyrrole nitrogens is 1. The van der Waals surface area contributed by atoms with Crippen LogP contribution >= 0.6 is 0 Å². The maximum atomic E-state index is 12.6. The van der Waals surface area contributed by atoms with Gasteiger partial charge in [0.15, 0.2) is 0 Å². The lowest BCUT2D eigenvalue weighted by Gasteiger charge is -2.25. The second kappa shape index (κ2) is 8.01. The van der Waals surface area contributed by atoms with E-state index >= 15 is 0 Å². The van der Waals surface area contributed by atoms with Gasteiger partial charge in [0.1, 0.15) is 5.69 Å². The van der Waals surface area contributed by atoms with E-state index in [0.717, 1.165) is 36.9 Å². The molecule has 0 spiro atoms. The van der Waals surface area contributed by atoms with Gasteiger partial charge < -0.3 is 5.32 Å². The molecular formula is C18H24N4O3S. The van der Waals surface area contributed by atoms with Crippen LogP contribution in [0.4, 0.5) is 0 Å². The molecule has 1 fully saturated rings. The van der Waals surface area contributed by atoms with E-state index in [2.05, 4.69) is 15.5 Å². The summed E-state index contributed by atoms with van der Waals surface area (Å²) in [6.45, 7) is 3.47. The maximum absolute atomic E-state index is 12.6. The first-order valence-corrected chi connectivity index (χ1v) is 10.4. The topological polar surface area (TPSA) is 95.2 Å². The molecule has 1 amide bonds. The molecule has 0 bridgehead atoms. The van der Waals surface area contributed by atoms with E-state index < -0.39 is 10.0 Å². The van der Waals surface area contributed by atoms with E-state index in [9.17, 15) is 13.2 Å². The molecule has 2 aromatic rings. The average Bonchev–Trinajstić information content (AvgIpc) is 3.16. The summed E-state index contributed by atoms with van der Waals surface area (Å²) >= 11 is 0. The largest absolute Gasteiger partial charge is 0.347 e. The molecule has 0 unspecified atom stereocenters. The molecule has 1 aliphatic heterocycles. The Kier molecular flexibility index (Phi) is 5.73. The third-order valence-corrected chi connectivity index (χ3v) is 6.49. The van der Waals surface area contributed by atoms with Gasteiger partial charge in [-0.2, -0.15) is 9.40 Å². The monoisotopic (exact) mass is 376 g/mol. The summed E-state index contributed by atoms with van der Waals surface area (Å²) in [5, 5.41) is 9.58. The fourth-order valence-electron chi connectivity index (χ4n) is 2.97. The molecule has 1 aromatic heterocycles. The molecule has 140 valence electrons. The highest BCUT2D eigenvalue weighted by Crippen LogP contribution is 2.20. The van der Waals surface area contributed by atoms with Crippen molar-refractivity contribution >= 4 is 15.9 Å². The second-order valence-corrected chi connectivity index (χ2v) is 8.36. The van der Waals surface area contributed by atoms with E-state index in [4.69, 9.17) is 0 Å². The van der Waals surface area contributed by atoms with E-state index in [-0.39, 0.29) is 5.91 Å². The van der Waals surface area contributed by atoms with Gasteiger partial charge in [-0.3, -0.25) is 9.89 Å². The molecule has 0 aliphatic carbocycles. The van der Waals surface area contributed by atoms with Crippen molar-refractivity contribution in [2.45, 2.75) is 44.0 Å². The normalized spacial score (nSPS) is 15.7. The third kappa shape index (κ3) is 4.13. The first-order valence-electron chi connectivity index (χ1n) is 8.92. The standard InChI is InChI=1S/C18H24N4O3S/c1-2-15-12-17(21-20-15)18(23)19-13-14-6-8-16(9-7-14)26(24,25)22-10-4-3-5-11-22/h6-9,12H,2-5,10-11,13H2,1H3,(H,19,23)(H,20,21). The molecule has 2 N–H and O–H groups in total. The molecule has 1 aliphatic rings. The van der Waals surface area contributed by atoms with Gasteiger partial charge >= 0.3 is 0 Å². The Balaban J connectivity index is 1.61. The Morgan fingerprint density at radius 1 is 1.19 bits per heavy atom. The Bertz CT molecular complexity index is 853. The van der Waals surface area contributed by atoms with Crippen molar-refractivity contribution in [2.75, 3.05) is 13.1 Å². The second-order valence-electron chi connectivity index (χ2n) is 6.42. The predicted octanol–water partition coefficient (Wildman–Crippen LogP) is 2.08. The van der Waals surface area contributed by atoms with Crippen LogP contribution in [0.1, 0.15) is 47.9 Å². The fourth-order valence-corrected chi connectivity index (χ4v) is 4.48. The summed E-state index contributed by atoms with van der Waals surface area (Å²) in [5.41, 5.74) is 2.09. The molecule has 0 radical (unpaired) electrons. The van der Waals surface area contributed by atoms with Crippen LogP contribution in [-0.4, -0.2) is 41.9 Å². The number of aromatic amines is 1. The molecular weight excluding hydrogens is 352 g/mol. The maximum Gasteiger partial charge on any atom is 0.272 e. The fraction of sp³-hybridized carbons (Fsp3) is 0.444. The van der Waals surface area contributed by atoms with Gasteiger partial charge in [0.2, 0.25) is 10.0 Å². The van der Waals surface area contributed by atoms with Crippen molar-refractivity contribution in [3.8, 4) is 0 Å². The van der Waals surface area contributed by atoms with E-state index in [0.29, 0.717) is 30.2 Å². The SMILES string of the molecule is CCc1cc(C(=O)NCc2ccc(S(=O)(=O)N3CCCCC3)cc2)n[nH]1. The minimum atomic E-state index is -3.42. The first kappa shape index (κ1) is 18.6. The number of nitrogens with zero attached hydrogens (tertiary/aromatic N) is 2. The van der Waals surface area contributed by atoms with Crippen LogP contribution in [0.2, 0.25) is 0 Å². The van der Waals surface area contributed by atoms with Crippen molar-refractivity contribution in [2.24, 2.45) is 0 Å². The number of amides is 1. The van der Waals surface area contributed by atoms with Crippen LogP contribution < -0.4 is 5.32 Å². The van der Waals surface area contributed by atoms with Crippen LogP contribution in [0.3, 0.4) is 0 Å². The summed E-state index contributed by atoms with van der Waals surface area (Å²) in [6.07, 6.45) is 3.69. The van der Waals surface area contributed by atoms with E-state index in [1.165, 1.54) is 0 Å². The highest BCUT2D eigenvalue weighted by molar-refractivity contribution is 7.89. The lowest BCUT2D eigenvalue weighted by molar-refractivity contribution is 0.0946. The summed E-state index contributed by atoms with van der Waals surface area (Å²) in [4.78, 5) is 12.4. The number of hydrogen-bond donors (Lipinski definition) is 2. The molecule has 1 saturated heterocycles. The van der Waals surface area contributed by atoms with Crippen LogP contribution in [0, 0.1) is 0 Å². The zero-order valence-electron chi connectivity index (χ0n) is 14.9. The Labute approximate surface area is 153 Å². The van der Waals surface area contributed by atoms with Gasteiger partial charge in [-0.25, -0.2) is 8.42 Å². The number of aryl methyl sites for hydroxylation is 1. The first-order chi connectivity index (χ1) is 12.5. The van der Waals surface area contributed by atoms with E-state index in [1.807, 2.05) is 6.92 Å². The lowest BCUT2D eigenvalue weighted by atomic mass is 10.2. The molecule has 1 aromatic carbocycles. The summed E-state index contributed by atoms with van der Waals surface area (Å²) in [7, 11) is -3.42. The molecule has 26 heavy (non-hydrogen) atoms. The molecule has 3 rings (SSSR count). The van der Waals surface area contributed by atoms with Crippen molar-refractivity contribution in [3.63, 3.8) is 0 Å². The lowest BCUT2D eigenvalue weighted by Crippen LogP contribution is -2.35. The number of sulfonamides is 1. The van der Waals surface area contributed by atoms with Crippen LogP contribution in [0.15, 0.2) is 35.2 Å². The number of carbonyl (C=O) groups is 1. The Morgan fingerprint density at radius 3 is 2.50 bits per heavy atom. The Morgan fingerprint density at radius 2 is 1.88 bits per heavy atom. The van der Waals surface area contributed by atoms with E-state index in [1.54, 1.807) is 34.6 Å². The van der Waals surface area contributed by atoms with Gasteiger partial charge in [0, 0.05) is 25.3 Å². The van der Waals surface area contributed by atoms with Crippen molar-refractivity contribution in [1.29, 1.82) is 0 Å². The van der Waals surface area contributed by atoms with Gasteiger partial charge in [0.25, 0.3) is 5.91 Å². The minimum absolute atomic E-state index is 0.258. The van der Waals surface area contributed by atoms with Gasteiger partial charge in [0.05, 0.1) is 4.90 Å². The number of rotatable bonds is 6. The molecule has 2 heterocycles. The van der Waals surface area contributed by atoms with Crippen molar-refractivity contribution < 1.29 is 13.2 Å². The molecule has 7 nitrogen and oxygen atoms in total. The number of nitrogens with one attached hydrogen (secondary N) is 2. The quantitative estimate of drug-likeness (QED) is 0.807. The molecule has 0 atom stereocenters. The zero-order valence-corrected chi connectivity index (χ0v) is 15.7. The third-order valence-electron chi connectivity index (χ3n) is 4.57. The molecule has 8 heteroatoms. The smallest absolute Gasteiger partial charge is 0.272 e. The summed E-state index contributed by atoms with van der Waals surface area (Å²) in [6, 6.07) is 8.41. The summed E-state index contributed by atoms with van der Waals surface area (Å²) < 4.78 is 26.8. The van der Waals surface area contributed by atoms with Crippen LogP contribution in [0.5, 0.6) is 0 Å². The van der Waals surface area contributed by atoms with Gasteiger partial charge in [-0.1, -0.05) is 25.5 Å². The minimum Gasteiger partial charge on any atom is -0.347 e. The van der Waals surface area contributed by atoms with Crippen molar-refractivity contribution in [3.05, 3.63) is 47.3 Å². The average molecular weight is 376 g/mol. The number of piperidine rings is 1. The Hall–Kier alpha value is -2.19. The zero-order chi connectivity index (χ0) is 18.6. The van der Waals surface area contributed by atoms with Crippen molar-refractivity contribution in [1.82, 2.24) is 19.8 Å². The van der Waals surface area contributed by atoms with Crippen LogP contribution in [0.25, 0.3) is 0 Å². The van der Waals surface area contributed by atoms with Crippen LogP contribution in [-0.2, 0) is 23.0 Å². The number of aromatic nitrogens is 2. The number of benzene rings is 1. The predicted molar refractivity (Wildman–Crippen MR) is 98.2 cm³/mol. The number of hydrogen-bond acceptors (Lipinski definition) is 4. The highest BCUT2D eigenvalue weighted by atomic mass is 32.2. The van der Waals surface area contributed by atoms with Gasteiger partial charge in [-0.05, 0) is 43.0 Å². The van der Waals surface area contributed by atoms with Gasteiger partial charge in [-0.15, -0.1) is 0 Å². The summed E-state index contributed by atoms with van der Waals surface area (Å²) in [5.74, 6) is -0.258. The molecule has 0 saturated carbocycles.